The fraction of sp³-hybridized carbons (Fsp3) is 0.594. The summed E-state index contributed by atoms with van der Waals surface area (Å²) in [6, 6.07) is 3.86. The van der Waals surface area contributed by atoms with Crippen LogP contribution in [0.15, 0.2) is 24.5 Å². The molecular weight excluding hydrogens is 552 g/mol. The summed E-state index contributed by atoms with van der Waals surface area (Å²) in [7, 11) is 1.79. The SMILES string of the molecule is Cn1cc(-c2cc3c(cc2C(F)F)N(c2nn(C4CCC(OC5CCNCC5)CC4)c4c2CN(C=O)CC4)CCC3)cn1. The minimum Gasteiger partial charge on any atom is -0.375 e. The number of amides is 1. The molecule has 7 rings (SSSR count). The summed E-state index contributed by atoms with van der Waals surface area (Å²) in [5, 5.41) is 12.9. The van der Waals surface area contributed by atoms with Gasteiger partial charge in [0.15, 0.2) is 5.82 Å². The van der Waals surface area contributed by atoms with Crippen molar-refractivity contribution in [3.8, 4) is 11.1 Å². The monoisotopic (exact) mass is 593 g/mol. The molecule has 1 saturated heterocycles. The van der Waals surface area contributed by atoms with Gasteiger partial charge < -0.3 is 19.9 Å². The van der Waals surface area contributed by atoms with Gasteiger partial charge in [0.25, 0.3) is 6.43 Å². The van der Waals surface area contributed by atoms with Gasteiger partial charge in [-0.3, -0.25) is 14.2 Å². The predicted octanol–water partition coefficient (Wildman–Crippen LogP) is 5.07. The highest BCUT2D eigenvalue weighted by molar-refractivity contribution is 5.77. The van der Waals surface area contributed by atoms with Gasteiger partial charge >= 0.3 is 0 Å². The minimum absolute atomic E-state index is 0.00791. The highest BCUT2D eigenvalue weighted by Gasteiger charge is 2.35. The molecule has 0 spiro atoms. The fourth-order valence-corrected chi connectivity index (χ4v) is 7.55. The lowest BCUT2D eigenvalue weighted by Crippen LogP contribution is -2.36. The Hall–Kier alpha value is -3.31. The molecule has 1 amide bonds. The molecule has 9 nitrogen and oxygen atoms in total. The average Bonchev–Trinajstić information content (AvgIpc) is 3.64. The van der Waals surface area contributed by atoms with Crippen LogP contribution < -0.4 is 10.2 Å². The van der Waals surface area contributed by atoms with Crippen LogP contribution in [-0.4, -0.2) is 69.3 Å². The van der Waals surface area contributed by atoms with Crippen molar-refractivity contribution in [3.63, 3.8) is 0 Å². The van der Waals surface area contributed by atoms with Gasteiger partial charge in [-0.05, 0) is 87.7 Å². The molecule has 1 saturated carbocycles. The molecule has 1 aromatic carbocycles. The lowest BCUT2D eigenvalue weighted by molar-refractivity contribution is -0.118. The number of piperidine rings is 1. The topological polar surface area (TPSA) is 80.5 Å². The number of hydrogen-bond acceptors (Lipinski definition) is 6. The number of benzene rings is 1. The zero-order valence-electron chi connectivity index (χ0n) is 24.9. The quantitative estimate of drug-likeness (QED) is 0.386. The summed E-state index contributed by atoms with van der Waals surface area (Å²) in [5.41, 5.74) is 5.31. The Morgan fingerprint density at radius 1 is 1.05 bits per heavy atom. The smallest absolute Gasteiger partial charge is 0.264 e. The molecule has 2 aromatic heterocycles. The number of carbonyl (C=O) groups excluding carboxylic acids is 1. The van der Waals surface area contributed by atoms with Gasteiger partial charge in [-0.2, -0.15) is 10.2 Å². The molecular formula is C32H41F2N7O2. The third kappa shape index (κ3) is 5.57. The maximum absolute atomic E-state index is 14.5. The zero-order chi connectivity index (χ0) is 29.5. The predicted molar refractivity (Wildman–Crippen MR) is 160 cm³/mol. The molecule has 0 unspecified atom stereocenters. The van der Waals surface area contributed by atoms with E-state index in [-0.39, 0.29) is 11.6 Å². The molecule has 0 atom stereocenters. The summed E-state index contributed by atoms with van der Waals surface area (Å²) in [4.78, 5) is 15.8. The van der Waals surface area contributed by atoms with Gasteiger partial charge in [-0.25, -0.2) is 8.78 Å². The van der Waals surface area contributed by atoms with Gasteiger partial charge in [0.2, 0.25) is 6.41 Å². The Balaban J connectivity index is 1.20. The van der Waals surface area contributed by atoms with Crippen LogP contribution in [0.25, 0.3) is 11.1 Å². The number of aryl methyl sites for hydroxylation is 2. The molecule has 0 radical (unpaired) electrons. The summed E-state index contributed by atoms with van der Waals surface area (Å²) < 4.78 is 39.3. The van der Waals surface area contributed by atoms with E-state index >= 15 is 0 Å². The van der Waals surface area contributed by atoms with Crippen molar-refractivity contribution in [2.24, 2.45) is 7.05 Å². The summed E-state index contributed by atoms with van der Waals surface area (Å²) in [5.74, 6) is 0.810. The molecule has 2 fully saturated rings. The van der Waals surface area contributed by atoms with Crippen LogP contribution in [0, 0.1) is 0 Å². The largest absolute Gasteiger partial charge is 0.375 e. The maximum atomic E-state index is 14.5. The standard InChI is InChI=1S/C32H41F2N7O2/c1-38-18-22(17-36-38)26-15-21-3-2-13-40(30(21)16-27(26)31(33)34)32-28-19-39(20-42)14-10-29(28)41(37-32)23-4-6-24(7-5-23)43-25-8-11-35-12-9-25/h15-18,20,23-25,31,35H,2-14,19H2,1H3. The van der Waals surface area contributed by atoms with Gasteiger partial charge in [0, 0.05) is 60.8 Å². The van der Waals surface area contributed by atoms with Crippen molar-refractivity contribution in [2.75, 3.05) is 31.1 Å². The molecule has 3 aliphatic heterocycles. The number of halogens is 2. The highest BCUT2D eigenvalue weighted by atomic mass is 19.3. The van der Waals surface area contributed by atoms with Crippen molar-refractivity contribution >= 4 is 17.9 Å². The number of fused-ring (bicyclic) bond motifs is 2. The van der Waals surface area contributed by atoms with Crippen LogP contribution in [0.2, 0.25) is 0 Å². The Morgan fingerprint density at radius 3 is 2.56 bits per heavy atom. The fourth-order valence-electron chi connectivity index (χ4n) is 7.55. The zero-order valence-corrected chi connectivity index (χ0v) is 24.9. The number of nitrogens with one attached hydrogen (secondary N) is 1. The summed E-state index contributed by atoms with van der Waals surface area (Å²) in [6.07, 6.45) is 11.0. The number of anilines is 2. The van der Waals surface area contributed by atoms with Crippen LogP contribution in [0.1, 0.15) is 79.8 Å². The number of hydrogen-bond donors (Lipinski definition) is 1. The summed E-state index contributed by atoms with van der Waals surface area (Å²) >= 11 is 0. The summed E-state index contributed by atoms with van der Waals surface area (Å²) in [6.45, 7) is 3.91. The van der Waals surface area contributed by atoms with E-state index in [1.807, 2.05) is 6.07 Å². The molecule has 0 bridgehead atoms. The molecule has 43 heavy (non-hydrogen) atoms. The van der Waals surface area contributed by atoms with Crippen LogP contribution in [0.4, 0.5) is 20.3 Å². The van der Waals surface area contributed by atoms with Crippen LogP contribution in [0.3, 0.4) is 0 Å². The van der Waals surface area contributed by atoms with Crippen molar-refractivity contribution < 1.29 is 18.3 Å². The van der Waals surface area contributed by atoms with E-state index < -0.39 is 6.43 Å². The highest BCUT2D eigenvalue weighted by Crippen LogP contribution is 2.44. The Bertz CT molecular complexity index is 1460. The first-order valence-electron chi connectivity index (χ1n) is 15.9. The van der Waals surface area contributed by atoms with Gasteiger partial charge in [-0.1, -0.05) is 0 Å². The van der Waals surface area contributed by atoms with Crippen LogP contribution in [0.5, 0.6) is 0 Å². The Morgan fingerprint density at radius 2 is 1.84 bits per heavy atom. The average molecular weight is 594 g/mol. The number of nitrogens with zero attached hydrogens (tertiary/aromatic N) is 6. The van der Waals surface area contributed by atoms with Gasteiger partial charge in [-0.15, -0.1) is 0 Å². The van der Waals surface area contributed by atoms with Crippen molar-refractivity contribution in [1.82, 2.24) is 29.8 Å². The number of carbonyl (C=O) groups is 1. The van der Waals surface area contributed by atoms with E-state index in [1.165, 1.54) is 5.69 Å². The first-order valence-corrected chi connectivity index (χ1v) is 15.9. The van der Waals surface area contributed by atoms with Crippen molar-refractivity contribution in [2.45, 2.75) is 89.0 Å². The van der Waals surface area contributed by atoms with Gasteiger partial charge in [0.05, 0.1) is 31.0 Å². The second-order valence-corrected chi connectivity index (χ2v) is 12.6. The molecule has 230 valence electrons. The normalized spacial score (nSPS) is 23.0. The van der Waals surface area contributed by atoms with Crippen molar-refractivity contribution in [3.05, 3.63) is 46.9 Å². The molecule has 5 heterocycles. The van der Waals surface area contributed by atoms with Gasteiger partial charge in [0.1, 0.15) is 0 Å². The molecule has 1 aliphatic carbocycles. The number of aromatic nitrogens is 4. The molecule has 4 aliphatic rings. The Kier molecular flexibility index (Phi) is 7.94. The van der Waals surface area contributed by atoms with Crippen molar-refractivity contribution in [1.29, 1.82) is 0 Å². The lowest BCUT2D eigenvalue weighted by Gasteiger charge is -2.34. The number of alkyl halides is 2. The third-order valence-electron chi connectivity index (χ3n) is 9.78. The third-order valence-corrected chi connectivity index (χ3v) is 9.78. The van der Waals surface area contributed by atoms with Crippen LogP contribution >= 0.6 is 0 Å². The minimum atomic E-state index is -2.62. The maximum Gasteiger partial charge on any atom is 0.264 e. The second-order valence-electron chi connectivity index (χ2n) is 12.6. The first kappa shape index (κ1) is 28.5. The Labute approximate surface area is 251 Å². The first-order chi connectivity index (χ1) is 21.0. The van der Waals surface area contributed by atoms with E-state index in [1.54, 1.807) is 35.1 Å². The van der Waals surface area contributed by atoms with E-state index in [2.05, 4.69) is 20.0 Å². The van der Waals surface area contributed by atoms with E-state index in [9.17, 15) is 13.6 Å². The number of ether oxygens (including phenoxy) is 1. The lowest BCUT2D eigenvalue weighted by atomic mass is 9.92. The van der Waals surface area contributed by atoms with E-state index in [0.717, 1.165) is 99.9 Å². The molecule has 1 N–H and O–H groups in total. The van der Waals surface area contributed by atoms with Crippen LogP contribution in [-0.2, 0) is 36.0 Å². The number of rotatable bonds is 7. The van der Waals surface area contributed by atoms with E-state index in [4.69, 9.17) is 9.84 Å². The second kappa shape index (κ2) is 12.0. The molecule has 11 heteroatoms. The van der Waals surface area contributed by atoms with E-state index in [0.29, 0.717) is 43.0 Å². The molecule has 3 aromatic rings.